The number of fused-ring (bicyclic) bond motifs is 3. The van der Waals surface area contributed by atoms with Crippen molar-refractivity contribution in [3.8, 4) is 33.4 Å². The maximum absolute atomic E-state index is 3.88. The normalized spacial score (nSPS) is 12.2. The van der Waals surface area contributed by atoms with E-state index in [0.29, 0.717) is 0 Å². The van der Waals surface area contributed by atoms with Crippen LogP contribution in [0.2, 0.25) is 0 Å². The van der Waals surface area contributed by atoms with Crippen LogP contribution in [0.1, 0.15) is 109 Å². The van der Waals surface area contributed by atoms with E-state index in [9.17, 15) is 0 Å². The number of benzene rings is 6. The Morgan fingerprint density at radius 3 is 1.36 bits per heavy atom. The third kappa shape index (κ3) is 15.2. The van der Waals surface area contributed by atoms with Gasteiger partial charge in [-0.2, -0.15) is 77.9 Å². The van der Waals surface area contributed by atoms with E-state index in [1.807, 2.05) is 48.5 Å². The van der Waals surface area contributed by atoms with Crippen molar-refractivity contribution >= 4 is 29.0 Å². The van der Waals surface area contributed by atoms with Crippen molar-refractivity contribution in [3.63, 3.8) is 0 Å². The Hall–Kier alpha value is -3.87. The molecule has 0 fully saturated rings. The molecule has 2 aliphatic carbocycles. The molecule has 0 aromatic heterocycles. The third-order valence-electron chi connectivity index (χ3n) is 10.4. The zero-order valence-corrected chi connectivity index (χ0v) is 42.7. The first-order chi connectivity index (χ1) is 27.9. The quantitative estimate of drug-likeness (QED) is 0.152. The summed E-state index contributed by atoms with van der Waals surface area (Å²) in [6.07, 6.45) is 7.56. The van der Waals surface area contributed by atoms with Gasteiger partial charge in [-0.3, -0.25) is 6.08 Å². The number of hydrogen-bond acceptors (Lipinski definition) is 0. The molecular formula is C58H66Cl2Zr-4. The SMILES string of the molecule is CC(C)(C)c1cc2c([c-]c1-c1ccccc1)Cc1cc(-c3ccccc3)c(C(C)(C)C)cc1-2.CC1=CC[C-]=C1C(C)(C)C.Cc1cc[c-]cc1.Cc1cc[c-]cc1.Cl.Cl.[CH2]=[Zr]. The minimum absolute atomic E-state index is 0. The summed E-state index contributed by atoms with van der Waals surface area (Å²) in [5.74, 6) is 0. The van der Waals surface area contributed by atoms with Gasteiger partial charge in [0.15, 0.2) is 0 Å². The molecule has 0 unspecified atom stereocenters. The number of hydrogen-bond donors (Lipinski definition) is 0. The Morgan fingerprint density at radius 1 is 0.525 bits per heavy atom. The van der Waals surface area contributed by atoms with Gasteiger partial charge < -0.3 is 0 Å². The standard InChI is InChI=1S/C33H33.C10H15.2C7H7.CH2.2ClH.Zr/c1-32(2,3)30-20-26-24(18-28(30)22-13-9-7-10-14-22)17-25-19-29(23-15-11-8-12-16-23)31(21-27(25)26)33(4,5)6;1-8-6-5-7-9(8)10(2,3)4;2*1-7-5-3-2-4-6-7;;;;/h7-16,18,20-21H,17H2,1-6H3;6H,5H2,1-4H3;2*3-6H,1H3;1H2;2*1H;/q4*-1;;;;. The zero-order valence-electron chi connectivity index (χ0n) is 38.6. The average Bonchev–Trinajstić information content (AvgIpc) is 3.82. The summed E-state index contributed by atoms with van der Waals surface area (Å²) in [6.45, 7) is 26.9. The molecule has 0 N–H and O–H groups in total. The van der Waals surface area contributed by atoms with Crippen LogP contribution in [0.4, 0.5) is 0 Å². The van der Waals surface area contributed by atoms with E-state index >= 15 is 0 Å². The molecule has 0 radical (unpaired) electrons. The molecule has 0 bridgehead atoms. The molecule has 0 aliphatic heterocycles. The van der Waals surface area contributed by atoms with Gasteiger partial charge in [-0.05, 0) is 44.9 Å². The number of aryl methyl sites for hydroxylation is 2. The third-order valence-corrected chi connectivity index (χ3v) is 10.4. The van der Waals surface area contributed by atoms with Crippen LogP contribution in [0.5, 0.6) is 0 Å². The van der Waals surface area contributed by atoms with Crippen LogP contribution in [0.25, 0.3) is 33.4 Å². The predicted molar refractivity (Wildman–Crippen MR) is 268 cm³/mol. The summed E-state index contributed by atoms with van der Waals surface area (Å²) in [5.41, 5.74) is 19.2. The number of halogens is 2. The van der Waals surface area contributed by atoms with E-state index < -0.39 is 0 Å². The van der Waals surface area contributed by atoms with Gasteiger partial charge in [0.1, 0.15) is 0 Å². The van der Waals surface area contributed by atoms with Gasteiger partial charge in [0.05, 0.1) is 0 Å². The van der Waals surface area contributed by atoms with Crippen LogP contribution in [0, 0.1) is 43.5 Å². The maximum atomic E-state index is 3.88. The Kier molecular flexibility index (Phi) is 21.1. The molecule has 0 spiro atoms. The van der Waals surface area contributed by atoms with Crippen molar-refractivity contribution in [3.05, 3.63) is 202 Å². The molecule has 0 atom stereocenters. The Labute approximate surface area is 398 Å². The first-order valence-corrected chi connectivity index (χ1v) is 22.5. The van der Waals surface area contributed by atoms with Crippen molar-refractivity contribution < 1.29 is 24.2 Å². The predicted octanol–water partition coefficient (Wildman–Crippen LogP) is 16.5. The van der Waals surface area contributed by atoms with Gasteiger partial charge in [-0.15, -0.1) is 67.0 Å². The average molecular weight is 925 g/mol. The summed E-state index contributed by atoms with van der Waals surface area (Å²) in [5, 5.41) is 0. The van der Waals surface area contributed by atoms with Crippen LogP contribution in [-0.2, 0) is 41.5 Å². The molecule has 0 amide bonds. The summed E-state index contributed by atoms with van der Waals surface area (Å²) < 4.78 is 3.34. The zero-order chi connectivity index (χ0) is 43.4. The van der Waals surface area contributed by atoms with Crippen molar-refractivity contribution in [2.45, 2.75) is 107 Å². The summed E-state index contributed by atoms with van der Waals surface area (Å²) in [7, 11) is 0. The van der Waals surface area contributed by atoms with Crippen LogP contribution in [0.3, 0.4) is 0 Å². The van der Waals surface area contributed by atoms with Crippen LogP contribution in [0.15, 0.2) is 145 Å². The van der Waals surface area contributed by atoms with E-state index in [1.54, 1.807) is 0 Å². The molecule has 2 aliphatic rings. The van der Waals surface area contributed by atoms with E-state index in [-0.39, 0.29) is 41.1 Å². The molecule has 0 heterocycles. The van der Waals surface area contributed by atoms with E-state index in [0.717, 1.165) is 12.8 Å². The monoisotopic (exact) mass is 922 g/mol. The molecule has 0 saturated heterocycles. The van der Waals surface area contributed by atoms with Gasteiger partial charge in [0.2, 0.25) is 0 Å². The molecule has 320 valence electrons. The molecule has 6 aromatic carbocycles. The van der Waals surface area contributed by atoms with Gasteiger partial charge in [-0.25, -0.2) is 11.1 Å². The number of rotatable bonds is 2. The fraction of sp³-hybridized carbons (Fsp3) is 0.293. The second-order valence-corrected chi connectivity index (χ2v) is 18.5. The van der Waals surface area contributed by atoms with Crippen molar-refractivity contribution in [1.82, 2.24) is 0 Å². The molecule has 8 rings (SSSR count). The van der Waals surface area contributed by atoms with Crippen LogP contribution >= 0.6 is 24.8 Å². The van der Waals surface area contributed by atoms with E-state index in [4.69, 9.17) is 0 Å². The van der Waals surface area contributed by atoms with E-state index in [1.165, 1.54) is 102 Å². The first kappa shape index (κ1) is 53.3. The Balaban J connectivity index is 0.000000371. The van der Waals surface area contributed by atoms with Gasteiger partial charge in [-0.1, -0.05) is 166 Å². The van der Waals surface area contributed by atoms with Gasteiger partial charge in [0.25, 0.3) is 0 Å². The van der Waals surface area contributed by atoms with Gasteiger partial charge in [0, 0.05) is 0 Å². The summed E-state index contributed by atoms with van der Waals surface area (Å²) in [4.78, 5) is 0. The summed E-state index contributed by atoms with van der Waals surface area (Å²) in [6, 6.07) is 54.5. The van der Waals surface area contributed by atoms with Gasteiger partial charge >= 0.3 is 28.4 Å². The molecule has 0 nitrogen and oxygen atoms in total. The second-order valence-electron chi connectivity index (χ2n) is 18.5. The topological polar surface area (TPSA) is 0 Å². The second kappa shape index (κ2) is 24.1. The minimum atomic E-state index is 0. The first-order valence-electron chi connectivity index (χ1n) is 20.8. The Morgan fingerprint density at radius 2 is 0.984 bits per heavy atom. The molecule has 61 heavy (non-hydrogen) atoms. The molecule has 0 saturated carbocycles. The van der Waals surface area contributed by atoms with Crippen molar-refractivity contribution in [2.24, 2.45) is 5.41 Å². The Bertz CT molecular complexity index is 2160. The molecule has 3 heteroatoms. The fourth-order valence-corrected chi connectivity index (χ4v) is 7.45. The summed E-state index contributed by atoms with van der Waals surface area (Å²) >= 11 is 1.30. The van der Waals surface area contributed by atoms with Crippen molar-refractivity contribution in [2.75, 3.05) is 0 Å². The van der Waals surface area contributed by atoms with Crippen LogP contribution in [-0.4, -0.2) is 4.21 Å². The number of allylic oxidation sites excluding steroid dienone is 4. The molecular weight excluding hydrogens is 859 g/mol. The fourth-order valence-electron chi connectivity index (χ4n) is 7.45. The van der Waals surface area contributed by atoms with Crippen LogP contribution < -0.4 is 0 Å². The van der Waals surface area contributed by atoms with Crippen molar-refractivity contribution in [1.29, 1.82) is 0 Å². The van der Waals surface area contributed by atoms with E-state index in [2.05, 4.69) is 197 Å². The molecule has 6 aromatic rings.